The SMILES string of the molecule is O[C@@H](CCc1ccccc1)CC[C@@H]1C2C[C@H](O)O[C@H]2C[C@H]1O. The lowest BCUT2D eigenvalue weighted by atomic mass is 9.86. The highest BCUT2D eigenvalue weighted by atomic mass is 16.6. The van der Waals surface area contributed by atoms with Gasteiger partial charge in [-0.3, -0.25) is 0 Å². The third-order valence-corrected chi connectivity index (χ3v) is 5.24. The number of aliphatic hydroxyl groups is 3. The smallest absolute Gasteiger partial charge is 0.155 e. The van der Waals surface area contributed by atoms with E-state index in [9.17, 15) is 15.3 Å². The van der Waals surface area contributed by atoms with Crippen molar-refractivity contribution in [1.29, 1.82) is 0 Å². The van der Waals surface area contributed by atoms with Gasteiger partial charge in [0.2, 0.25) is 0 Å². The highest BCUT2D eigenvalue weighted by Crippen LogP contribution is 2.44. The van der Waals surface area contributed by atoms with Crippen molar-refractivity contribution in [3.63, 3.8) is 0 Å². The molecule has 3 rings (SSSR count). The number of hydrogen-bond acceptors (Lipinski definition) is 4. The summed E-state index contributed by atoms with van der Waals surface area (Å²) in [6.45, 7) is 0. The summed E-state index contributed by atoms with van der Waals surface area (Å²) in [5, 5.41) is 29.9. The molecule has 6 atom stereocenters. The second kappa shape index (κ2) is 7.09. The maximum Gasteiger partial charge on any atom is 0.155 e. The quantitative estimate of drug-likeness (QED) is 0.750. The van der Waals surface area contributed by atoms with E-state index in [-0.39, 0.29) is 30.1 Å². The van der Waals surface area contributed by atoms with Crippen LogP contribution in [0, 0.1) is 11.8 Å². The molecule has 4 heteroatoms. The van der Waals surface area contributed by atoms with Gasteiger partial charge in [-0.05, 0) is 43.1 Å². The van der Waals surface area contributed by atoms with Gasteiger partial charge in [0.25, 0.3) is 0 Å². The number of benzene rings is 1. The van der Waals surface area contributed by atoms with Crippen molar-refractivity contribution >= 4 is 0 Å². The minimum atomic E-state index is -0.673. The normalized spacial score (nSPS) is 35.5. The zero-order valence-electron chi connectivity index (χ0n) is 12.8. The summed E-state index contributed by atoms with van der Waals surface area (Å²) < 4.78 is 5.43. The molecular weight excluding hydrogens is 280 g/mol. The van der Waals surface area contributed by atoms with E-state index in [0.717, 1.165) is 19.3 Å². The van der Waals surface area contributed by atoms with Gasteiger partial charge >= 0.3 is 0 Å². The Hall–Kier alpha value is -0.940. The molecule has 1 aromatic rings. The third kappa shape index (κ3) is 3.69. The molecule has 1 aliphatic carbocycles. The molecule has 1 aliphatic heterocycles. The monoisotopic (exact) mass is 306 g/mol. The van der Waals surface area contributed by atoms with Crippen molar-refractivity contribution in [2.24, 2.45) is 11.8 Å². The van der Waals surface area contributed by atoms with Crippen LogP contribution >= 0.6 is 0 Å². The van der Waals surface area contributed by atoms with Crippen LogP contribution in [-0.4, -0.2) is 39.9 Å². The predicted octanol–water partition coefficient (Wildman–Crippen LogP) is 1.86. The van der Waals surface area contributed by atoms with Gasteiger partial charge in [-0.2, -0.15) is 0 Å². The highest BCUT2D eigenvalue weighted by Gasteiger charge is 2.48. The first-order chi connectivity index (χ1) is 10.6. The standard InChI is InChI=1S/C18H26O4/c19-13(7-6-12-4-2-1-3-5-12)8-9-14-15-10-18(21)22-17(15)11-16(14)20/h1-5,13-21H,6-11H2/t13-,14+,15?,16+,17-,18+/m0/s1. The molecule has 4 nitrogen and oxygen atoms in total. The van der Waals surface area contributed by atoms with E-state index in [1.807, 2.05) is 18.2 Å². The van der Waals surface area contributed by atoms with Crippen molar-refractivity contribution in [2.75, 3.05) is 0 Å². The molecule has 1 saturated carbocycles. The van der Waals surface area contributed by atoms with E-state index in [2.05, 4.69) is 12.1 Å². The zero-order valence-corrected chi connectivity index (χ0v) is 12.8. The van der Waals surface area contributed by atoms with Crippen LogP contribution in [0.15, 0.2) is 30.3 Å². The first-order valence-corrected chi connectivity index (χ1v) is 8.37. The summed E-state index contributed by atoms with van der Waals surface area (Å²) >= 11 is 0. The van der Waals surface area contributed by atoms with Crippen LogP contribution in [0.5, 0.6) is 0 Å². The van der Waals surface area contributed by atoms with Gasteiger partial charge in [-0.25, -0.2) is 0 Å². The van der Waals surface area contributed by atoms with Crippen molar-refractivity contribution in [2.45, 2.75) is 63.1 Å². The van der Waals surface area contributed by atoms with Crippen molar-refractivity contribution in [3.8, 4) is 0 Å². The van der Waals surface area contributed by atoms with Crippen LogP contribution in [0.25, 0.3) is 0 Å². The highest BCUT2D eigenvalue weighted by molar-refractivity contribution is 5.14. The fourth-order valence-corrected chi connectivity index (χ4v) is 4.04. The van der Waals surface area contributed by atoms with Crippen molar-refractivity contribution < 1.29 is 20.1 Å². The topological polar surface area (TPSA) is 69.9 Å². The van der Waals surface area contributed by atoms with Crippen LogP contribution in [0.1, 0.15) is 37.7 Å². The number of ether oxygens (including phenoxy) is 1. The van der Waals surface area contributed by atoms with Gasteiger partial charge < -0.3 is 20.1 Å². The molecule has 3 N–H and O–H groups in total. The molecule has 1 heterocycles. The van der Waals surface area contributed by atoms with Crippen molar-refractivity contribution in [3.05, 3.63) is 35.9 Å². The van der Waals surface area contributed by atoms with Crippen LogP contribution in [0.3, 0.4) is 0 Å². The average molecular weight is 306 g/mol. The van der Waals surface area contributed by atoms with E-state index >= 15 is 0 Å². The van der Waals surface area contributed by atoms with Gasteiger partial charge in [0, 0.05) is 12.8 Å². The molecule has 2 fully saturated rings. The van der Waals surface area contributed by atoms with Gasteiger partial charge in [0.15, 0.2) is 6.29 Å². The molecule has 22 heavy (non-hydrogen) atoms. The summed E-state index contributed by atoms with van der Waals surface area (Å²) in [5.74, 6) is 0.389. The van der Waals surface area contributed by atoms with Crippen molar-refractivity contribution in [1.82, 2.24) is 0 Å². The fraction of sp³-hybridized carbons (Fsp3) is 0.667. The molecule has 1 saturated heterocycles. The summed E-state index contributed by atoms with van der Waals surface area (Å²) in [6.07, 6.45) is 3.00. The first kappa shape index (κ1) is 15.9. The Morgan fingerprint density at radius 2 is 1.86 bits per heavy atom. The van der Waals surface area contributed by atoms with E-state index in [0.29, 0.717) is 19.3 Å². The Bertz CT molecular complexity index is 463. The Kier molecular flexibility index (Phi) is 5.14. The summed E-state index contributed by atoms with van der Waals surface area (Å²) in [6, 6.07) is 10.2. The molecule has 0 spiro atoms. The Morgan fingerprint density at radius 1 is 1.09 bits per heavy atom. The minimum Gasteiger partial charge on any atom is -0.393 e. The van der Waals surface area contributed by atoms with E-state index in [4.69, 9.17) is 4.74 Å². The maximum absolute atomic E-state index is 10.2. The second-order valence-electron chi connectivity index (χ2n) is 6.75. The number of hydrogen-bond donors (Lipinski definition) is 3. The van der Waals surface area contributed by atoms with E-state index < -0.39 is 6.29 Å². The van der Waals surface area contributed by atoms with Crippen LogP contribution in [0.2, 0.25) is 0 Å². The largest absolute Gasteiger partial charge is 0.393 e. The molecule has 0 aromatic heterocycles. The molecular formula is C18H26O4. The molecule has 1 unspecified atom stereocenters. The zero-order chi connectivity index (χ0) is 15.5. The Labute approximate surface area is 131 Å². The van der Waals surface area contributed by atoms with Crippen LogP contribution in [0.4, 0.5) is 0 Å². The molecule has 0 radical (unpaired) electrons. The van der Waals surface area contributed by atoms with E-state index in [1.165, 1.54) is 5.56 Å². The second-order valence-corrected chi connectivity index (χ2v) is 6.75. The molecule has 1 aromatic carbocycles. The van der Waals surface area contributed by atoms with Crippen LogP contribution < -0.4 is 0 Å². The number of aliphatic hydroxyl groups excluding tert-OH is 3. The summed E-state index contributed by atoms with van der Waals surface area (Å²) in [4.78, 5) is 0. The van der Waals surface area contributed by atoms with Gasteiger partial charge in [0.1, 0.15) is 0 Å². The molecule has 122 valence electrons. The number of aryl methyl sites for hydroxylation is 1. The number of rotatable bonds is 6. The first-order valence-electron chi connectivity index (χ1n) is 8.37. The molecule has 0 amide bonds. The van der Waals surface area contributed by atoms with Gasteiger partial charge in [-0.15, -0.1) is 0 Å². The Morgan fingerprint density at radius 3 is 2.64 bits per heavy atom. The van der Waals surface area contributed by atoms with Gasteiger partial charge in [0.05, 0.1) is 18.3 Å². The molecule has 2 aliphatic rings. The maximum atomic E-state index is 10.2. The lowest BCUT2D eigenvalue weighted by Gasteiger charge is -2.21. The minimum absolute atomic E-state index is 0.00328. The lowest BCUT2D eigenvalue weighted by Crippen LogP contribution is -2.22. The third-order valence-electron chi connectivity index (χ3n) is 5.24. The lowest BCUT2D eigenvalue weighted by molar-refractivity contribution is -0.0951. The average Bonchev–Trinajstić information content (AvgIpc) is 2.99. The predicted molar refractivity (Wildman–Crippen MR) is 83.1 cm³/mol. The Balaban J connectivity index is 1.43. The summed E-state index contributed by atoms with van der Waals surface area (Å²) in [5.41, 5.74) is 1.25. The fourth-order valence-electron chi connectivity index (χ4n) is 4.04. The number of fused-ring (bicyclic) bond motifs is 1. The van der Waals surface area contributed by atoms with Gasteiger partial charge in [-0.1, -0.05) is 30.3 Å². The van der Waals surface area contributed by atoms with E-state index in [1.54, 1.807) is 0 Å². The summed E-state index contributed by atoms with van der Waals surface area (Å²) in [7, 11) is 0. The van der Waals surface area contributed by atoms with Crippen LogP contribution in [-0.2, 0) is 11.2 Å². The molecule has 0 bridgehead atoms.